The molecule has 0 heterocycles. The second kappa shape index (κ2) is 8.28. The number of Topliss-reactive ketones (excluding diaryl/α,β-unsaturated/α-hetero) is 6. The van der Waals surface area contributed by atoms with Gasteiger partial charge in [-0.05, 0) is 41.5 Å². The number of aliphatic hydroxyl groups is 5. The van der Waals surface area contributed by atoms with Crippen molar-refractivity contribution in [2.24, 2.45) is 5.41 Å². The Balaban J connectivity index is 7.67. The standard InChI is InChI=1S/C18H26O11/c1-8(20)15(27,7-19)16(9(2)21,10(3)22)14(26)18(29,13(6)25)17(28,11(4)23)12(5)24/h14,19,26-29H,7H2,1-6H3. The van der Waals surface area contributed by atoms with Crippen LogP contribution < -0.4 is 0 Å². The summed E-state index contributed by atoms with van der Waals surface area (Å²) < 4.78 is 0. The topological polar surface area (TPSA) is 204 Å². The Morgan fingerprint density at radius 2 is 1.00 bits per heavy atom. The average Bonchev–Trinajstić information content (AvgIpc) is 2.58. The fourth-order valence-electron chi connectivity index (χ4n) is 3.70. The van der Waals surface area contributed by atoms with Gasteiger partial charge in [0.15, 0.2) is 39.8 Å². The van der Waals surface area contributed by atoms with Crippen LogP contribution in [0.2, 0.25) is 0 Å². The molecule has 0 spiro atoms. The number of hydrogen-bond donors (Lipinski definition) is 5. The lowest BCUT2D eigenvalue weighted by Crippen LogP contribution is -2.80. The normalized spacial score (nSPS) is 17.5. The third kappa shape index (κ3) is 3.28. The lowest BCUT2D eigenvalue weighted by molar-refractivity contribution is -0.236. The molecule has 0 aliphatic carbocycles. The predicted molar refractivity (Wildman–Crippen MR) is 94.5 cm³/mol. The first-order chi connectivity index (χ1) is 12.9. The summed E-state index contributed by atoms with van der Waals surface area (Å²) in [6, 6.07) is 0. The van der Waals surface area contributed by atoms with Crippen molar-refractivity contribution in [2.45, 2.75) is 64.4 Å². The van der Waals surface area contributed by atoms with Crippen molar-refractivity contribution < 1.29 is 54.3 Å². The van der Waals surface area contributed by atoms with E-state index in [1.807, 2.05) is 0 Å². The zero-order chi connectivity index (χ0) is 23.7. The molecule has 0 amide bonds. The molecule has 11 heteroatoms. The molecule has 0 radical (unpaired) electrons. The molecular formula is C18H26O11. The maximum absolute atomic E-state index is 12.5. The molecule has 164 valence electrons. The van der Waals surface area contributed by atoms with Crippen molar-refractivity contribution in [1.82, 2.24) is 0 Å². The minimum absolute atomic E-state index is 0.539. The Labute approximate surface area is 166 Å². The van der Waals surface area contributed by atoms with E-state index in [1.54, 1.807) is 0 Å². The van der Waals surface area contributed by atoms with Crippen LogP contribution in [0.25, 0.3) is 0 Å². The number of hydrogen-bond acceptors (Lipinski definition) is 11. The third-order valence-electron chi connectivity index (χ3n) is 5.49. The second-order valence-corrected chi connectivity index (χ2v) is 7.04. The molecule has 0 saturated heterocycles. The van der Waals surface area contributed by atoms with E-state index in [0.717, 1.165) is 0 Å². The van der Waals surface area contributed by atoms with E-state index in [9.17, 15) is 54.3 Å². The zero-order valence-corrected chi connectivity index (χ0v) is 17.0. The maximum Gasteiger partial charge on any atom is 0.219 e. The summed E-state index contributed by atoms with van der Waals surface area (Å²) >= 11 is 0. The molecule has 11 nitrogen and oxygen atoms in total. The van der Waals surface area contributed by atoms with Gasteiger partial charge in [0.1, 0.15) is 17.7 Å². The van der Waals surface area contributed by atoms with Crippen LogP contribution in [0.3, 0.4) is 0 Å². The van der Waals surface area contributed by atoms with Crippen LogP contribution in [0.15, 0.2) is 0 Å². The lowest BCUT2D eigenvalue weighted by Gasteiger charge is -2.51. The van der Waals surface area contributed by atoms with Gasteiger partial charge >= 0.3 is 0 Å². The van der Waals surface area contributed by atoms with Crippen LogP contribution in [0, 0.1) is 5.41 Å². The number of ketones is 6. The summed E-state index contributed by atoms with van der Waals surface area (Å²) in [5, 5.41) is 52.9. The molecule has 3 atom stereocenters. The van der Waals surface area contributed by atoms with E-state index in [0.29, 0.717) is 41.5 Å². The van der Waals surface area contributed by atoms with Gasteiger partial charge in [-0.1, -0.05) is 0 Å². The van der Waals surface area contributed by atoms with Crippen LogP contribution in [0.1, 0.15) is 41.5 Å². The van der Waals surface area contributed by atoms with Crippen LogP contribution in [0.4, 0.5) is 0 Å². The summed E-state index contributed by atoms with van der Waals surface area (Å²) in [6.45, 7) is 1.97. The van der Waals surface area contributed by atoms with Crippen LogP contribution in [-0.4, -0.2) is 89.7 Å². The first kappa shape index (κ1) is 26.8. The van der Waals surface area contributed by atoms with E-state index in [2.05, 4.69) is 0 Å². The zero-order valence-electron chi connectivity index (χ0n) is 17.0. The first-order valence-electron chi connectivity index (χ1n) is 8.40. The molecule has 0 aromatic carbocycles. The molecule has 0 aromatic rings. The van der Waals surface area contributed by atoms with E-state index in [1.165, 1.54) is 0 Å². The second-order valence-electron chi connectivity index (χ2n) is 7.04. The number of rotatable bonds is 11. The molecule has 5 N–H and O–H groups in total. The largest absolute Gasteiger partial charge is 0.393 e. The van der Waals surface area contributed by atoms with Gasteiger partial charge in [-0.3, -0.25) is 28.8 Å². The van der Waals surface area contributed by atoms with E-state index >= 15 is 0 Å². The summed E-state index contributed by atoms with van der Waals surface area (Å²) in [7, 11) is 0. The third-order valence-corrected chi connectivity index (χ3v) is 5.49. The Kier molecular flexibility index (Phi) is 7.66. The molecule has 0 fully saturated rings. The van der Waals surface area contributed by atoms with Gasteiger partial charge in [0, 0.05) is 0 Å². The van der Waals surface area contributed by atoms with Crippen LogP contribution >= 0.6 is 0 Å². The Morgan fingerprint density at radius 1 is 0.655 bits per heavy atom. The lowest BCUT2D eigenvalue weighted by atomic mass is 9.54. The van der Waals surface area contributed by atoms with Gasteiger partial charge in [-0.25, -0.2) is 0 Å². The molecule has 0 aliphatic heterocycles. The highest BCUT2D eigenvalue weighted by Crippen LogP contribution is 2.46. The summed E-state index contributed by atoms with van der Waals surface area (Å²) in [4.78, 5) is 73.5. The maximum atomic E-state index is 12.5. The first-order valence-corrected chi connectivity index (χ1v) is 8.40. The molecule has 0 rings (SSSR count). The molecule has 0 saturated carbocycles. The molecule has 3 unspecified atom stereocenters. The fourth-order valence-corrected chi connectivity index (χ4v) is 3.70. The Hall–Kier alpha value is -2.18. The monoisotopic (exact) mass is 418 g/mol. The molecule has 0 aliphatic rings. The highest BCUT2D eigenvalue weighted by atomic mass is 16.4. The average molecular weight is 418 g/mol. The molecule has 29 heavy (non-hydrogen) atoms. The Morgan fingerprint density at radius 3 is 1.17 bits per heavy atom. The highest BCUT2D eigenvalue weighted by molar-refractivity contribution is 6.17. The smallest absolute Gasteiger partial charge is 0.219 e. The van der Waals surface area contributed by atoms with Crippen molar-refractivity contribution >= 4 is 34.7 Å². The number of aliphatic hydroxyl groups excluding tert-OH is 2. The predicted octanol–water partition coefficient (Wildman–Crippen LogP) is -2.95. The summed E-state index contributed by atoms with van der Waals surface area (Å²) in [5.41, 5.74) is -14.3. The fraction of sp³-hybridized carbons (Fsp3) is 0.667. The number of carbonyl (C=O) groups excluding carboxylic acids is 6. The van der Waals surface area contributed by atoms with Gasteiger partial charge in [0.05, 0.1) is 6.61 Å². The van der Waals surface area contributed by atoms with Crippen molar-refractivity contribution in [3.8, 4) is 0 Å². The van der Waals surface area contributed by atoms with E-state index in [4.69, 9.17) is 0 Å². The summed E-state index contributed by atoms with van der Waals surface area (Å²) in [5.74, 6) is -9.08. The van der Waals surface area contributed by atoms with Crippen molar-refractivity contribution in [3.63, 3.8) is 0 Å². The van der Waals surface area contributed by atoms with Gasteiger partial charge < -0.3 is 25.5 Å². The van der Waals surface area contributed by atoms with Crippen molar-refractivity contribution in [3.05, 3.63) is 0 Å². The van der Waals surface area contributed by atoms with Gasteiger partial charge in [0.25, 0.3) is 0 Å². The van der Waals surface area contributed by atoms with E-state index < -0.39 is 69.6 Å². The highest BCUT2D eigenvalue weighted by Gasteiger charge is 2.75. The van der Waals surface area contributed by atoms with Gasteiger partial charge in [-0.2, -0.15) is 0 Å². The minimum Gasteiger partial charge on any atom is -0.393 e. The van der Waals surface area contributed by atoms with Crippen molar-refractivity contribution in [2.75, 3.05) is 6.61 Å². The van der Waals surface area contributed by atoms with Gasteiger partial charge in [0.2, 0.25) is 5.60 Å². The van der Waals surface area contributed by atoms with Crippen molar-refractivity contribution in [1.29, 1.82) is 0 Å². The molecular weight excluding hydrogens is 392 g/mol. The minimum atomic E-state index is -3.85. The summed E-state index contributed by atoms with van der Waals surface area (Å²) in [6.07, 6.45) is -3.19. The number of carbonyl (C=O) groups is 6. The Bertz CT molecular complexity index is 740. The quantitative estimate of drug-likeness (QED) is 0.215. The molecule has 0 bridgehead atoms. The van der Waals surface area contributed by atoms with E-state index in [-0.39, 0.29) is 0 Å². The SMILES string of the molecule is CC(=O)C(O)(CO)C(C(C)=O)(C(C)=O)C(O)C(O)(C(C)=O)C(O)(C(C)=O)C(C)=O. The van der Waals surface area contributed by atoms with Gasteiger partial charge in [-0.15, -0.1) is 0 Å². The van der Waals surface area contributed by atoms with Crippen LogP contribution in [0.5, 0.6) is 0 Å². The molecule has 0 aromatic heterocycles. The van der Waals surface area contributed by atoms with Crippen LogP contribution in [-0.2, 0) is 28.8 Å².